The fourth-order valence-corrected chi connectivity index (χ4v) is 3.03. The number of aryl methyl sites for hydroxylation is 1. The highest BCUT2D eigenvalue weighted by Gasteiger charge is 2.68. The Kier molecular flexibility index (Phi) is 3.86. The van der Waals surface area contributed by atoms with Crippen LogP contribution < -0.4 is 5.32 Å². The van der Waals surface area contributed by atoms with E-state index in [1.807, 2.05) is 25.1 Å². The molecule has 0 aromatic heterocycles. The van der Waals surface area contributed by atoms with Crippen LogP contribution in [0.2, 0.25) is 0 Å². The molecule has 112 valence electrons. The minimum absolute atomic E-state index is 0.0246. The first-order chi connectivity index (χ1) is 9.71. The third kappa shape index (κ3) is 2.69. The largest absolute Gasteiger partial charge is 0.384 e. The van der Waals surface area contributed by atoms with Gasteiger partial charge in [0.15, 0.2) is 0 Å². The van der Waals surface area contributed by atoms with Gasteiger partial charge in [-0.25, -0.2) is 0 Å². The first-order valence-corrected chi connectivity index (χ1v) is 7.23. The predicted molar refractivity (Wildman–Crippen MR) is 84.8 cm³/mol. The molecule has 1 aromatic carbocycles. The summed E-state index contributed by atoms with van der Waals surface area (Å²) in [6.07, 6.45) is 0. The summed E-state index contributed by atoms with van der Waals surface area (Å²) in [5.41, 5.74) is 2.65. The van der Waals surface area contributed by atoms with Crippen molar-refractivity contribution in [2.24, 2.45) is 16.7 Å². The maximum Gasteiger partial charge on any atom is 0.228 e. The van der Waals surface area contributed by atoms with Crippen LogP contribution >= 0.6 is 0 Å². The summed E-state index contributed by atoms with van der Waals surface area (Å²) in [4.78, 5) is 12.5. The molecule has 3 nitrogen and oxygen atoms in total. The highest BCUT2D eigenvalue weighted by atomic mass is 16.2. The van der Waals surface area contributed by atoms with Crippen LogP contribution in [0.1, 0.15) is 38.8 Å². The van der Waals surface area contributed by atoms with Crippen molar-refractivity contribution in [1.82, 2.24) is 0 Å². The summed E-state index contributed by atoms with van der Waals surface area (Å²) in [6.45, 7) is 10.3. The molecule has 0 atom stereocenters. The van der Waals surface area contributed by atoms with Gasteiger partial charge in [-0.1, -0.05) is 45.6 Å². The van der Waals surface area contributed by atoms with Gasteiger partial charge in [0.1, 0.15) is 6.61 Å². The molecule has 0 heterocycles. The molecule has 3 heteroatoms. The molecule has 0 bridgehead atoms. The van der Waals surface area contributed by atoms with Crippen molar-refractivity contribution in [3.8, 4) is 11.8 Å². The van der Waals surface area contributed by atoms with Crippen molar-refractivity contribution < 1.29 is 9.90 Å². The molecule has 1 amide bonds. The summed E-state index contributed by atoms with van der Waals surface area (Å²) in [6, 6.07) is 5.68. The predicted octanol–water partition coefficient (Wildman–Crippen LogP) is 2.96. The number of rotatable bonds is 2. The Morgan fingerprint density at radius 1 is 1.29 bits per heavy atom. The van der Waals surface area contributed by atoms with E-state index in [0.717, 1.165) is 16.8 Å². The highest BCUT2D eigenvalue weighted by molar-refractivity contribution is 5.96. The standard InChI is InChI=1S/C18H23NO2/c1-12-8-9-13(7-6-10-20)11-14(12)19-16(21)15-17(2,3)18(15,4)5/h8-9,11,15,20H,10H2,1-5H3,(H,19,21). The van der Waals surface area contributed by atoms with Crippen LogP contribution in [0.25, 0.3) is 0 Å². The lowest BCUT2D eigenvalue weighted by Gasteiger charge is -2.10. The second kappa shape index (κ2) is 5.20. The molecule has 0 spiro atoms. The number of carbonyl (C=O) groups excluding carboxylic acids is 1. The number of hydrogen-bond donors (Lipinski definition) is 2. The Balaban J connectivity index is 2.19. The monoisotopic (exact) mass is 285 g/mol. The fourth-order valence-electron chi connectivity index (χ4n) is 3.03. The molecular formula is C18H23NO2. The van der Waals surface area contributed by atoms with Gasteiger partial charge in [-0.05, 0) is 35.4 Å². The quantitative estimate of drug-likeness (QED) is 0.821. The van der Waals surface area contributed by atoms with Gasteiger partial charge in [-0.15, -0.1) is 0 Å². The van der Waals surface area contributed by atoms with Crippen molar-refractivity contribution in [3.63, 3.8) is 0 Å². The van der Waals surface area contributed by atoms with Gasteiger partial charge in [0.2, 0.25) is 5.91 Å². The van der Waals surface area contributed by atoms with Crippen molar-refractivity contribution in [2.75, 3.05) is 11.9 Å². The topological polar surface area (TPSA) is 49.3 Å². The summed E-state index contributed by atoms with van der Waals surface area (Å²) < 4.78 is 0. The van der Waals surface area contributed by atoms with E-state index >= 15 is 0 Å². The van der Waals surface area contributed by atoms with Crippen molar-refractivity contribution in [3.05, 3.63) is 29.3 Å². The number of nitrogens with one attached hydrogen (secondary N) is 1. The van der Waals surface area contributed by atoms with Crippen LogP contribution in [0.5, 0.6) is 0 Å². The lowest BCUT2D eigenvalue weighted by atomic mass is 10.0. The van der Waals surface area contributed by atoms with E-state index in [1.54, 1.807) is 0 Å². The van der Waals surface area contributed by atoms with Gasteiger partial charge in [0, 0.05) is 17.2 Å². The lowest BCUT2D eigenvalue weighted by molar-refractivity contribution is -0.118. The third-order valence-electron chi connectivity index (χ3n) is 5.09. The van der Waals surface area contributed by atoms with E-state index in [1.165, 1.54) is 0 Å². The van der Waals surface area contributed by atoms with Crippen LogP contribution in [0, 0.1) is 35.5 Å². The highest BCUT2D eigenvalue weighted by Crippen LogP contribution is 2.68. The number of aliphatic hydroxyl groups is 1. The molecule has 1 aliphatic rings. The molecule has 21 heavy (non-hydrogen) atoms. The molecule has 1 fully saturated rings. The Hall–Kier alpha value is -1.79. The summed E-state index contributed by atoms with van der Waals surface area (Å²) in [7, 11) is 0. The second-order valence-corrected chi connectivity index (χ2v) is 6.86. The zero-order chi connectivity index (χ0) is 15.8. The Labute approximate surface area is 126 Å². The van der Waals surface area contributed by atoms with Crippen molar-refractivity contribution in [1.29, 1.82) is 0 Å². The number of anilines is 1. The van der Waals surface area contributed by atoms with E-state index in [4.69, 9.17) is 5.11 Å². The number of aliphatic hydroxyl groups excluding tert-OH is 1. The van der Waals surface area contributed by atoms with Crippen LogP contribution in [0.3, 0.4) is 0 Å². The van der Waals surface area contributed by atoms with Crippen molar-refractivity contribution in [2.45, 2.75) is 34.6 Å². The third-order valence-corrected chi connectivity index (χ3v) is 5.09. The fraction of sp³-hybridized carbons (Fsp3) is 0.500. The van der Waals surface area contributed by atoms with Crippen molar-refractivity contribution >= 4 is 11.6 Å². The average molecular weight is 285 g/mol. The number of carbonyl (C=O) groups is 1. The van der Waals surface area contributed by atoms with E-state index in [2.05, 4.69) is 44.9 Å². The molecule has 1 aliphatic carbocycles. The summed E-state index contributed by atoms with van der Waals surface area (Å²) in [5, 5.41) is 11.8. The molecule has 2 rings (SSSR count). The van der Waals surface area contributed by atoms with Gasteiger partial charge in [0.25, 0.3) is 0 Å². The van der Waals surface area contributed by atoms with Crippen LogP contribution in [0.4, 0.5) is 5.69 Å². The maximum atomic E-state index is 12.5. The first-order valence-electron chi connectivity index (χ1n) is 7.23. The molecule has 2 N–H and O–H groups in total. The van der Waals surface area contributed by atoms with E-state index in [9.17, 15) is 4.79 Å². The molecule has 0 unspecified atom stereocenters. The molecule has 1 saturated carbocycles. The Morgan fingerprint density at radius 2 is 1.90 bits per heavy atom. The molecule has 1 aromatic rings. The van der Waals surface area contributed by atoms with Gasteiger partial charge in [-0.2, -0.15) is 0 Å². The van der Waals surface area contributed by atoms with Gasteiger partial charge < -0.3 is 10.4 Å². The summed E-state index contributed by atoms with van der Waals surface area (Å²) >= 11 is 0. The van der Waals surface area contributed by atoms with Crippen LogP contribution in [-0.4, -0.2) is 17.6 Å². The zero-order valence-corrected chi connectivity index (χ0v) is 13.4. The molecule has 0 radical (unpaired) electrons. The second-order valence-electron chi connectivity index (χ2n) is 6.86. The van der Waals surface area contributed by atoms with E-state index in [0.29, 0.717) is 0 Å². The minimum atomic E-state index is -0.167. The Bertz CT molecular complexity index is 618. The van der Waals surface area contributed by atoms with Gasteiger partial charge in [-0.3, -0.25) is 4.79 Å². The minimum Gasteiger partial charge on any atom is -0.384 e. The molecular weight excluding hydrogens is 262 g/mol. The smallest absolute Gasteiger partial charge is 0.228 e. The maximum absolute atomic E-state index is 12.5. The number of hydrogen-bond acceptors (Lipinski definition) is 2. The zero-order valence-electron chi connectivity index (χ0n) is 13.4. The van der Waals surface area contributed by atoms with E-state index < -0.39 is 0 Å². The van der Waals surface area contributed by atoms with Gasteiger partial charge >= 0.3 is 0 Å². The van der Waals surface area contributed by atoms with Crippen LogP contribution in [-0.2, 0) is 4.79 Å². The first kappa shape index (κ1) is 15.6. The van der Waals surface area contributed by atoms with Gasteiger partial charge in [0.05, 0.1) is 0 Å². The lowest BCUT2D eigenvalue weighted by Crippen LogP contribution is -2.18. The molecule has 0 saturated heterocycles. The summed E-state index contributed by atoms with van der Waals surface area (Å²) in [5.74, 6) is 5.57. The Morgan fingerprint density at radius 3 is 2.43 bits per heavy atom. The average Bonchev–Trinajstić information content (AvgIpc) is 2.80. The molecule has 0 aliphatic heterocycles. The van der Waals surface area contributed by atoms with Crippen LogP contribution in [0.15, 0.2) is 18.2 Å². The number of benzene rings is 1. The van der Waals surface area contributed by atoms with E-state index in [-0.39, 0.29) is 29.3 Å². The number of amides is 1. The normalized spacial score (nSPS) is 18.6. The SMILES string of the molecule is Cc1ccc(C#CCO)cc1NC(=O)C1C(C)(C)C1(C)C.